The van der Waals surface area contributed by atoms with Gasteiger partial charge in [0.1, 0.15) is 5.82 Å². The molecule has 31 heavy (non-hydrogen) atoms. The second-order valence-corrected chi connectivity index (χ2v) is 9.70. The number of halogens is 1. The normalized spacial score (nSPS) is 15.5. The lowest BCUT2D eigenvalue weighted by atomic mass is 9.98. The molecule has 0 spiro atoms. The quantitative estimate of drug-likeness (QED) is 0.687. The topological polar surface area (TPSA) is 95.6 Å². The highest BCUT2D eigenvalue weighted by atomic mass is 32.2. The summed E-state index contributed by atoms with van der Waals surface area (Å²) in [5.41, 5.74) is 7.32. The number of sulfonamides is 1. The summed E-state index contributed by atoms with van der Waals surface area (Å²) in [6.07, 6.45) is 0.737. The first kappa shape index (κ1) is 22.9. The molecule has 1 heterocycles. The predicted molar refractivity (Wildman–Crippen MR) is 114 cm³/mol. The summed E-state index contributed by atoms with van der Waals surface area (Å²) in [4.78, 5) is 24.6. The summed E-state index contributed by atoms with van der Waals surface area (Å²) in [6.45, 7) is 4.26. The zero-order valence-electron chi connectivity index (χ0n) is 17.5. The van der Waals surface area contributed by atoms with Crippen molar-refractivity contribution in [3.05, 3.63) is 65.0 Å². The molecule has 9 heteroatoms. The van der Waals surface area contributed by atoms with Gasteiger partial charge in [-0.3, -0.25) is 20.4 Å². The van der Waals surface area contributed by atoms with Crippen LogP contribution < -0.4 is 10.9 Å². The monoisotopic (exact) mass is 447 g/mol. The molecule has 0 aliphatic carbocycles. The fourth-order valence-corrected chi connectivity index (χ4v) is 5.00. The lowest BCUT2D eigenvalue weighted by molar-refractivity contribution is -0.131. The molecule has 1 aliphatic rings. The van der Waals surface area contributed by atoms with Gasteiger partial charge in [0, 0.05) is 19.0 Å². The number of nitrogens with zero attached hydrogens (tertiary/aromatic N) is 1. The van der Waals surface area contributed by atoms with Crippen molar-refractivity contribution in [1.82, 2.24) is 15.2 Å². The minimum absolute atomic E-state index is 0.00716. The number of carbonyl (C=O) groups is 2. The van der Waals surface area contributed by atoms with Gasteiger partial charge >= 0.3 is 0 Å². The highest BCUT2D eigenvalue weighted by Crippen LogP contribution is 2.25. The third-order valence-electron chi connectivity index (χ3n) is 5.54. The molecule has 166 valence electrons. The number of aryl methyl sites for hydroxylation is 2. The van der Waals surface area contributed by atoms with Crippen molar-refractivity contribution in [3.8, 4) is 0 Å². The maximum Gasteiger partial charge on any atom is 0.243 e. The zero-order chi connectivity index (χ0) is 22.6. The third kappa shape index (κ3) is 5.68. The van der Waals surface area contributed by atoms with Crippen molar-refractivity contribution in [3.63, 3.8) is 0 Å². The molecule has 2 aromatic rings. The van der Waals surface area contributed by atoms with Gasteiger partial charge in [-0.1, -0.05) is 18.2 Å². The summed E-state index contributed by atoms with van der Waals surface area (Å²) in [7, 11) is -3.61. The molecule has 1 aliphatic heterocycles. The Morgan fingerprint density at radius 2 is 1.65 bits per heavy atom. The fraction of sp³-hybridized carbons (Fsp3) is 0.364. The number of piperidine rings is 1. The number of amides is 2. The Bertz CT molecular complexity index is 1060. The van der Waals surface area contributed by atoms with Crippen LogP contribution in [0.5, 0.6) is 0 Å². The first-order valence-electron chi connectivity index (χ1n) is 10.1. The smallest absolute Gasteiger partial charge is 0.243 e. The average Bonchev–Trinajstić information content (AvgIpc) is 2.75. The van der Waals surface area contributed by atoms with Crippen LogP contribution in [0.15, 0.2) is 47.4 Å². The maximum absolute atomic E-state index is 12.9. The highest BCUT2D eigenvalue weighted by Gasteiger charge is 2.32. The Balaban J connectivity index is 1.49. The van der Waals surface area contributed by atoms with Crippen LogP contribution in [0.3, 0.4) is 0 Å². The number of hydrogen-bond acceptors (Lipinski definition) is 4. The Labute approximate surface area is 181 Å². The molecule has 0 saturated carbocycles. The van der Waals surface area contributed by atoms with Crippen LogP contribution in [0.2, 0.25) is 0 Å². The van der Waals surface area contributed by atoms with E-state index in [1.54, 1.807) is 18.2 Å². The van der Waals surface area contributed by atoms with Gasteiger partial charge < -0.3 is 0 Å². The molecule has 2 N–H and O–H groups in total. The van der Waals surface area contributed by atoms with Crippen LogP contribution in [-0.4, -0.2) is 37.6 Å². The molecule has 1 saturated heterocycles. The predicted octanol–water partition coefficient (Wildman–Crippen LogP) is 2.23. The SMILES string of the molecule is Cc1ccc(S(=O)(=O)N2CCC(C(=O)NNC(=O)Cc3ccc(F)cc3)CC2)cc1C. The van der Waals surface area contributed by atoms with E-state index in [2.05, 4.69) is 10.9 Å². The van der Waals surface area contributed by atoms with E-state index in [-0.39, 0.29) is 36.1 Å². The van der Waals surface area contributed by atoms with Crippen LogP contribution in [0.1, 0.15) is 29.5 Å². The van der Waals surface area contributed by atoms with Gasteiger partial charge in [0.2, 0.25) is 21.8 Å². The van der Waals surface area contributed by atoms with Gasteiger partial charge in [-0.2, -0.15) is 4.31 Å². The number of hydrazine groups is 1. The number of carbonyl (C=O) groups excluding carboxylic acids is 2. The van der Waals surface area contributed by atoms with E-state index >= 15 is 0 Å². The summed E-state index contributed by atoms with van der Waals surface area (Å²) in [5.74, 6) is -1.55. The fourth-order valence-electron chi connectivity index (χ4n) is 3.45. The van der Waals surface area contributed by atoms with Crippen molar-refractivity contribution >= 4 is 21.8 Å². The number of benzene rings is 2. The number of hydrogen-bond donors (Lipinski definition) is 2. The van der Waals surface area contributed by atoms with Crippen LogP contribution in [0.4, 0.5) is 4.39 Å². The average molecular weight is 448 g/mol. The summed E-state index contributed by atoms with van der Waals surface area (Å²) >= 11 is 0. The van der Waals surface area contributed by atoms with Gasteiger partial charge in [0.15, 0.2) is 0 Å². The largest absolute Gasteiger partial charge is 0.273 e. The Kier molecular flexibility index (Phi) is 7.07. The maximum atomic E-state index is 12.9. The van der Waals surface area contributed by atoms with Gasteiger partial charge in [0.05, 0.1) is 11.3 Å². The van der Waals surface area contributed by atoms with E-state index in [1.807, 2.05) is 13.8 Å². The standard InChI is InChI=1S/C22H26FN3O4S/c1-15-3-8-20(13-16(15)2)31(29,30)26-11-9-18(10-12-26)22(28)25-24-21(27)14-17-4-6-19(23)7-5-17/h3-8,13,18H,9-12,14H2,1-2H3,(H,24,27)(H,25,28). The summed E-state index contributed by atoms with van der Waals surface area (Å²) < 4.78 is 40.1. The Hall–Kier alpha value is -2.78. The molecule has 0 bridgehead atoms. The van der Waals surface area contributed by atoms with E-state index in [0.717, 1.165) is 11.1 Å². The lowest BCUT2D eigenvalue weighted by Gasteiger charge is -2.30. The van der Waals surface area contributed by atoms with Gasteiger partial charge in [0.25, 0.3) is 0 Å². The van der Waals surface area contributed by atoms with Crippen molar-refractivity contribution in [1.29, 1.82) is 0 Å². The van der Waals surface area contributed by atoms with Crippen LogP contribution in [0.25, 0.3) is 0 Å². The van der Waals surface area contributed by atoms with Crippen LogP contribution in [-0.2, 0) is 26.0 Å². The summed E-state index contributed by atoms with van der Waals surface area (Å²) in [6, 6.07) is 10.6. The molecule has 0 aromatic heterocycles. The lowest BCUT2D eigenvalue weighted by Crippen LogP contribution is -2.48. The second kappa shape index (κ2) is 9.57. The highest BCUT2D eigenvalue weighted by molar-refractivity contribution is 7.89. The minimum atomic E-state index is -3.61. The molecular weight excluding hydrogens is 421 g/mol. The van der Waals surface area contributed by atoms with Crippen molar-refractivity contribution in [2.45, 2.75) is 38.0 Å². The van der Waals surface area contributed by atoms with Gasteiger partial charge in [-0.05, 0) is 67.6 Å². The number of nitrogens with one attached hydrogen (secondary N) is 2. The summed E-state index contributed by atoms with van der Waals surface area (Å²) in [5, 5.41) is 0. The second-order valence-electron chi connectivity index (χ2n) is 7.77. The molecular formula is C22H26FN3O4S. The first-order valence-corrected chi connectivity index (χ1v) is 11.5. The molecule has 7 nitrogen and oxygen atoms in total. The Morgan fingerprint density at radius 3 is 2.26 bits per heavy atom. The zero-order valence-corrected chi connectivity index (χ0v) is 18.3. The first-order chi connectivity index (χ1) is 14.7. The molecule has 2 amide bonds. The van der Waals surface area contributed by atoms with Crippen molar-refractivity contribution < 1.29 is 22.4 Å². The van der Waals surface area contributed by atoms with E-state index in [4.69, 9.17) is 0 Å². The van der Waals surface area contributed by atoms with E-state index in [1.165, 1.54) is 28.6 Å². The Morgan fingerprint density at radius 1 is 1.00 bits per heavy atom. The van der Waals surface area contributed by atoms with Crippen molar-refractivity contribution in [2.75, 3.05) is 13.1 Å². The minimum Gasteiger partial charge on any atom is -0.273 e. The molecule has 0 atom stereocenters. The van der Waals surface area contributed by atoms with Gasteiger partial charge in [-0.15, -0.1) is 0 Å². The molecule has 2 aromatic carbocycles. The van der Waals surface area contributed by atoms with Crippen LogP contribution >= 0.6 is 0 Å². The molecule has 1 fully saturated rings. The molecule has 0 unspecified atom stereocenters. The molecule has 0 radical (unpaired) electrons. The van der Waals surface area contributed by atoms with E-state index < -0.39 is 21.8 Å². The molecule has 3 rings (SSSR count). The van der Waals surface area contributed by atoms with Crippen LogP contribution in [0, 0.1) is 25.6 Å². The van der Waals surface area contributed by atoms with Gasteiger partial charge in [-0.25, -0.2) is 12.8 Å². The van der Waals surface area contributed by atoms with E-state index in [0.29, 0.717) is 18.4 Å². The third-order valence-corrected chi connectivity index (χ3v) is 7.44. The van der Waals surface area contributed by atoms with E-state index in [9.17, 15) is 22.4 Å². The number of rotatable bonds is 5. The van der Waals surface area contributed by atoms with Crippen molar-refractivity contribution in [2.24, 2.45) is 5.92 Å².